The van der Waals surface area contributed by atoms with Crippen LogP contribution in [0.15, 0.2) is 42.5 Å². The molecule has 2 heterocycles. The van der Waals surface area contributed by atoms with Gasteiger partial charge in [-0.25, -0.2) is 4.79 Å². The Morgan fingerprint density at radius 2 is 1.81 bits per heavy atom. The Morgan fingerprint density at radius 1 is 1.04 bits per heavy atom. The average Bonchev–Trinajstić information content (AvgIpc) is 3.09. The van der Waals surface area contributed by atoms with Gasteiger partial charge in [-0.3, -0.25) is 14.9 Å². The third-order valence-electron chi connectivity index (χ3n) is 4.94. The van der Waals surface area contributed by atoms with Crippen molar-refractivity contribution in [3.63, 3.8) is 0 Å². The molecule has 0 spiro atoms. The van der Waals surface area contributed by atoms with E-state index >= 15 is 0 Å². The lowest BCUT2D eigenvalue weighted by Gasteiger charge is -2.23. The highest BCUT2D eigenvalue weighted by atomic mass is 35.5. The molecule has 2 fully saturated rings. The van der Waals surface area contributed by atoms with E-state index in [0.29, 0.717) is 24.5 Å². The van der Waals surface area contributed by atoms with Crippen LogP contribution in [0.25, 0.3) is 11.1 Å². The molecular weight excluding hydrogens is 368 g/mol. The Labute approximate surface area is 160 Å². The van der Waals surface area contributed by atoms with Crippen molar-refractivity contribution in [2.45, 2.75) is 24.8 Å². The molecule has 6 nitrogen and oxygen atoms in total. The number of nitrogens with one attached hydrogen (secondary N) is 2. The van der Waals surface area contributed by atoms with Crippen LogP contribution < -0.4 is 10.6 Å². The maximum Gasteiger partial charge on any atom is 0.407 e. The van der Waals surface area contributed by atoms with Crippen LogP contribution in [0.2, 0.25) is 5.02 Å². The van der Waals surface area contributed by atoms with Crippen molar-refractivity contribution in [1.29, 1.82) is 0 Å². The van der Waals surface area contributed by atoms with E-state index in [-0.39, 0.29) is 17.9 Å². The number of alkyl carbamates (subject to hydrolysis) is 1. The lowest BCUT2D eigenvalue weighted by atomic mass is 9.88. The minimum absolute atomic E-state index is 0.156. The number of benzene rings is 2. The number of carbonyl (C=O) groups is 3. The van der Waals surface area contributed by atoms with Gasteiger partial charge in [0.1, 0.15) is 6.61 Å². The van der Waals surface area contributed by atoms with Gasteiger partial charge >= 0.3 is 6.09 Å². The van der Waals surface area contributed by atoms with Crippen molar-refractivity contribution in [3.8, 4) is 11.1 Å². The zero-order chi connectivity index (χ0) is 19.0. The van der Waals surface area contributed by atoms with E-state index < -0.39 is 12.0 Å². The van der Waals surface area contributed by atoms with Crippen LogP contribution in [-0.2, 0) is 14.3 Å². The van der Waals surface area contributed by atoms with Gasteiger partial charge in [0.25, 0.3) is 0 Å². The van der Waals surface area contributed by atoms with E-state index in [9.17, 15) is 14.4 Å². The molecule has 2 unspecified atom stereocenters. The van der Waals surface area contributed by atoms with Crippen molar-refractivity contribution in [2.24, 2.45) is 0 Å². The van der Waals surface area contributed by atoms with Gasteiger partial charge in [-0.2, -0.15) is 0 Å². The number of amides is 3. The molecule has 3 amide bonds. The number of piperidine rings is 1. The average molecular weight is 385 g/mol. The first-order valence-electron chi connectivity index (χ1n) is 8.68. The van der Waals surface area contributed by atoms with Crippen molar-refractivity contribution < 1.29 is 19.1 Å². The van der Waals surface area contributed by atoms with Gasteiger partial charge in [-0.1, -0.05) is 54.1 Å². The molecule has 2 saturated heterocycles. The number of carbonyl (C=O) groups excluding carboxylic acids is 3. The lowest BCUT2D eigenvalue weighted by Crippen LogP contribution is -2.39. The van der Waals surface area contributed by atoms with Crippen LogP contribution >= 0.6 is 11.6 Å². The summed E-state index contributed by atoms with van der Waals surface area (Å²) in [6, 6.07) is 13.1. The molecule has 0 aromatic heterocycles. The second-order valence-corrected chi connectivity index (χ2v) is 7.01. The minimum Gasteiger partial charge on any atom is -0.447 e. The summed E-state index contributed by atoms with van der Waals surface area (Å²) in [6.45, 7) is 0.309. The van der Waals surface area contributed by atoms with Crippen molar-refractivity contribution in [2.75, 3.05) is 6.61 Å². The maximum atomic E-state index is 12.2. The van der Waals surface area contributed by atoms with Gasteiger partial charge in [-0.15, -0.1) is 0 Å². The molecule has 2 aromatic rings. The fraction of sp³-hybridized carbons (Fsp3) is 0.250. The van der Waals surface area contributed by atoms with Gasteiger partial charge in [0.2, 0.25) is 11.8 Å². The van der Waals surface area contributed by atoms with Crippen molar-refractivity contribution >= 4 is 29.5 Å². The predicted octanol–water partition coefficient (Wildman–Crippen LogP) is 3.31. The topological polar surface area (TPSA) is 84.5 Å². The number of hydrogen-bond donors (Lipinski definition) is 2. The molecule has 2 N–H and O–H groups in total. The van der Waals surface area contributed by atoms with E-state index in [1.807, 2.05) is 42.5 Å². The fourth-order valence-electron chi connectivity index (χ4n) is 3.49. The second-order valence-electron chi connectivity index (χ2n) is 6.63. The number of cyclic esters (lactones) is 1. The smallest absolute Gasteiger partial charge is 0.407 e. The fourth-order valence-corrected chi connectivity index (χ4v) is 3.86. The monoisotopic (exact) mass is 384 g/mol. The molecule has 2 atom stereocenters. The second kappa shape index (κ2) is 7.04. The Hall–Kier alpha value is -2.86. The Kier molecular flexibility index (Phi) is 4.58. The largest absolute Gasteiger partial charge is 0.447 e. The summed E-state index contributed by atoms with van der Waals surface area (Å²) in [6.07, 6.45) is 0.346. The highest BCUT2D eigenvalue weighted by Gasteiger charge is 2.30. The summed E-state index contributed by atoms with van der Waals surface area (Å²) in [5.41, 5.74) is 3.39. The van der Waals surface area contributed by atoms with E-state index in [0.717, 1.165) is 22.3 Å². The van der Waals surface area contributed by atoms with E-state index in [2.05, 4.69) is 10.6 Å². The molecule has 2 aliphatic heterocycles. The molecule has 0 saturated carbocycles. The first-order valence-corrected chi connectivity index (χ1v) is 9.06. The summed E-state index contributed by atoms with van der Waals surface area (Å²) in [5, 5.41) is 5.63. The Bertz CT molecular complexity index is 926. The Balaban J connectivity index is 1.62. The summed E-state index contributed by atoms with van der Waals surface area (Å²) in [5.74, 6) is -0.986. The predicted molar refractivity (Wildman–Crippen MR) is 99.2 cm³/mol. The zero-order valence-corrected chi connectivity index (χ0v) is 15.1. The molecule has 0 radical (unpaired) electrons. The molecule has 138 valence electrons. The molecule has 2 aliphatic rings. The summed E-state index contributed by atoms with van der Waals surface area (Å²) in [7, 11) is 0. The molecule has 27 heavy (non-hydrogen) atoms. The van der Waals surface area contributed by atoms with Crippen molar-refractivity contribution in [3.05, 3.63) is 58.6 Å². The first kappa shape index (κ1) is 17.5. The van der Waals surface area contributed by atoms with Gasteiger partial charge < -0.3 is 10.1 Å². The van der Waals surface area contributed by atoms with Crippen LogP contribution in [0.1, 0.15) is 35.9 Å². The third-order valence-corrected chi connectivity index (χ3v) is 5.36. The number of halogens is 1. The molecule has 0 bridgehead atoms. The van der Waals surface area contributed by atoms with Crippen LogP contribution in [0.4, 0.5) is 4.79 Å². The lowest BCUT2D eigenvalue weighted by molar-refractivity contribution is -0.134. The van der Waals surface area contributed by atoms with Gasteiger partial charge in [0.15, 0.2) is 0 Å². The van der Waals surface area contributed by atoms with Crippen molar-refractivity contribution in [1.82, 2.24) is 10.6 Å². The molecule has 0 aliphatic carbocycles. The van der Waals surface area contributed by atoms with Crippen LogP contribution in [0, 0.1) is 0 Å². The number of hydrogen-bond acceptors (Lipinski definition) is 4. The summed E-state index contributed by atoms with van der Waals surface area (Å²) < 4.78 is 4.92. The zero-order valence-electron chi connectivity index (χ0n) is 14.3. The van der Waals surface area contributed by atoms with E-state index in [1.165, 1.54) is 0 Å². The molecule has 7 heteroatoms. The number of ether oxygens (including phenoxy) is 1. The normalized spacial score (nSPS) is 22.2. The van der Waals surface area contributed by atoms with Crippen LogP contribution in [-0.4, -0.2) is 24.5 Å². The SMILES string of the molecule is O=C1CCC(c2cccc(-c3ccc(C4COC(=O)N4)cc3)c2Cl)C(=O)N1. The number of rotatable bonds is 3. The maximum absolute atomic E-state index is 12.2. The standard InChI is InChI=1S/C20H17ClN2O4/c21-18-13(2-1-3-14(18)15-8-9-17(24)23-19(15)25)11-4-6-12(7-5-11)16-10-27-20(26)22-16/h1-7,15-16H,8-10H2,(H,22,26)(H,23,24,25). The highest BCUT2D eigenvalue weighted by Crippen LogP contribution is 2.37. The van der Waals surface area contributed by atoms with Gasteiger partial charge in [0, 0.05) is 12.0 Å². The summed E-state index contributed by atoms with van der Waals surface area (Å²) in [4.78, 5) is 34.8. The molecule has 2 aromatic carbocycles. The van der Waals surface area contributed by atoms with Crippen LogP contribution in [0.5, 0.6) is 0 Å². The van der Waals surface area contributed by atoms with Gasteiger partial charge in [-0.05, 0) is 23.1 Å². The number of imide groups is 1. The quantitative estimate of drug-likeness (QED) is 0.795. The Morgan fingerprint density at radius 3 is 2.48 bits per heavy atom. The first-order chi connectivity index (χ1) is 13.0. The minimum atomic E-state index is -0.430. The van der Waals surface area contributed by atoms with Gasteiger partial charge in [0.05, 0.1) is 17.0 Å². The third kappa shape index (κ3) is 3.40. The summed E-state index contributed by atoms with van der Waals surface area (Å²) >= 11 is 6.62. The van der Waals surface area contributed by atoms with E-state index in [4.69, 9.17) is 16.3 Å². The van der Waals surface area contributed by atoms with E-state index in [1.54, 1.807) is 0 Å². The molecule has 4 rings (SSSR count). The highest BCUT2D eigenvalue weighted by molar-refractivity contribution is 6.34. The van der Waals surface area contributed by atoms with Crippen LogP contribution in [0.3, 0.4) is 0 Å². The molecular formula is C20H17ClN2O4.